The van der Waals surface area contributed by atoms with Gasteiger partial charge in [-0.25, -0.2) is 4.79 Å². The summed E-state index contributed by atoms with van der Waals surface area (Å²) >= 11 is 0. The Morgan fingerprint density at radius 2 is 1.85 bits per heavy atom. The van der Waals surface area contributed by atoms with Gasteiger partial charge >= 0.3 is 6.03 Å². The molecule has 0 atom stereocenters. The van der Waals surface area contributed by atoms with Crippen molar-refractivity contribution in [1.82, 2.24) is 10.2 Å². The van der Waals surface area contributed by atoms with E-state index in [1.54, 1.807) is 18.1 Å². The van der Waals surface area contributed by atoms with Crippen molar-refractivity contribution in [2.75, 3.05) is 32.1 Å². The van der Waals surface area contributed by atoms with Crippen molar-refractivity contribution in [3.8, 4) is 5.75 Å². The van der Waals surface area contributed by atoms with Gasteiger partial charge in [0, 0.05) is 37.3 Å². The number of nitrogens with one attached hydrogen (secondary N) is 2. The van der Waals surface area contributed by atoms with Gasteiger partial charge in [0.1, 0.15) is 5.75 Å². The van der Waals surface area contributed by atoms with E-state index in [9.17, 15) is 9.59 Å². The molecule has 6 nitrogen and oxygen atoms in total. The van der Waals surface area contributed by atoms with Crippen LogP contribution in [0.3, 0.4) is 0 Å². The summed E-state index contributed by atoms with van der Waals surface area (Å²) in [4.78, 5) is 26.7. The number of carbonyl (C=O) groups is 2. The van der Waals surface area contributed by atoms with E-state index in [4.69, 9.17) is 4.74 Å². The fourth-order valence-corrected chi connectivity index (χ4v) is 4.03. The number of hydrogen-bond acceptors (Lipinski definition) is 3. The molecule has 1 saturated carbocycles. The zero-order valence-electron chi connectivity index (χ0n) is 16.2. The predicted octanol–water partition coefficient (Wildman–Crippen LogP) is 3.64. The van der Waals surface area contributed by atoms with E-state index < -0.39 is 0 Å². The summed E-state index contributed by atoms with van der Waals surface area (Å²) in [5.41, 5.74) is 0.715. The maximum absolute atomic E-state index is 12.4. The molecule has 3 amide bonds. The third kappa shape index (κ3) is 5.62. The number of hydrogen-bond donors (Lipinski definition) is 2. The molecule has 1 aliphatic heterocycles. The molecule has 0 radical (unpaired) electrons. The highest BCUT2D eigenvalue weighted by molar-refractivity contribution is 5.89. The second-order valence-electron chi connectivity index (χ2n) is 7.67. The largest absolute Gasteiger partial charge is 0.497 e. The van der Waals surface area contributed by atoms with E-state index in [1.165, 1.54) is 32.1 Å². The van der Waals surface area contributed by atoms with Crippen LogP contribution in [-0.2, 0) is 4.79 Å². The minimum Gasteiger partial charge on any atom is -0.497 e. The smallest absolute Gasteiger partial charge is 0.321 e. The molecule has 1 aromatic rings. The van der Waals surface area contributed by atoms with Crippen molar-refractivity contribution in [2.45, 2.75) is 44.9 Å². The lowest BCUT2D eigenvalue weighted by Crippen LogP contribution is -2.45. The second-order valence-corrected chi connectivity index (χ2v) is 7.67. The van der Waals surface area contributed by atoms with Crippen molar-refractivity contribution in [2.24, 2.45) is 11.8 Å². The lowest BCUT2D eigenvalue weighted by molar-refractivity contribution is -0.126. The highest BCUT2D eigenvalue weighted by atomic mass is 16.5. The van der Waals surface area contributed by atoms with Crippen LogP contribution in [0.2, 0.25) is 0 Å². The number of benzene rings is 1. The summed E-state index contributed by atoms with van der Waals surface area (Å²) in [6, 6.07) is 7.20. The molecule has 2 aliphatic rings. The van der Waals surface area contributed by atoms with Crippen LogP contribution in [-0.4, -0.2) is 43.6 Å². The van der Waals surface area contributed by atoms with Gasteiger partial charge in [-0.15, -0.1) is 0 Å². The lowest BCUT2D eigenvalue weighted by Gasteiger charge is -2.32. The van der Waals surface area contributed by atoms with Gasteiger partial charge in [-0.05, 0) is 43.7 Å². The van der Waals surface area contributed by atoms with Crippen molar-refractivity contribution < 1.29 is 14.3 Å². The molecule has 0 aromatic heterocycles. The highest BCUT2D eigenvalue weighted by Gasteiger charge is 2.27. The minimum absolute atomic E-state index is 0.0226. The van der Waals surface area contributed by atoms with Gasteiger partial charge in [0.25, 0.3) is 0 Å². The summed E-state index contributed by atoms with van der Waals surface area (Å²) < 4.78 is 5.18. The number of anilines is 1. The fourth-order valence-electron chi connectivity index (χ4n) is 4.03. The number of nitrogens with zero attached hydrogens (tertiary/aromatic N) is 1. The SMILES string of the molecule is COc1cccc(NC(=O)N2CCC(C(=O)NCC3CCCCC3)CC2)c1. The molecule has 1 aliphatic carbocycles. The van der Waals surface area contributed by atoms with Crippen LogP contribution < -0.4 is 15.4 Å². The first-order valence-corrected chi connectivity index (χ1v) is 10.1. The maximum atomic E-state index is 12.4. The Labute approximate surface area is 161 Å². The molecular weight excluding hydrogens is 342 g/mol. The van der Waals surface area contributed by atoms with E-state index >= 15 is 0 Å². The Morgan fingerprint density at radius 1 is 1.11 bits per heavy atom. The molecule has 148 valence electrons. The topological polar surface area (TPSA) is 70.7 Å². The fraction of sp³-hybridized carbons (Fsp3) is 0.619. The van der Waals surface area contributed by atoms with Gasteiger partial charge in [0.05, 0.1) is 7.11 Å². The van der Waals surface area contributed by atoms with Crippen LogP contribution in [0, 0.1) is 11.8 Å². The van der Waals surface area contributed by atoms with Gasteiger partial charge in [-0.2, -0.15) is 0 Å². The molecule has 2 fully saturated rings. The summed E-state index contributed by atoms with van der Waals surface area (Å²) in [7, 11) is 1.60. The first-order valence-electron chi connectivity index (χ1n) is 10.1. The average Bonchev–Trinajstić information content (AvgIpc) is 2.73. The van der Waals surface area contributed by atoms with Crippen LogP contribution in [0.4, 0.5) is 10.5 Å². The quantitative estimate of drug-likeness (QED) is 0.828. The minimum atomic E-state index is -0.121. The molecule has 0 unspecified atom stereocenters. The Morgan fingerprint density at radius 3 is 2.56 bits per heavy atom. The first kappa shape index (κ1) is 19.5. The second kappa shape index (κ2) is 9.62. The van der Waals surface area contributed by atoms with Crippen molar-refractivity contribution in [3.05, 3.63) is 24.3 Å². The molecular formula is C21H31N3O3. The Hall–Kier alpha value is -2.24. The highest BCUT2D eigenvalue weighted by Crippen LogP contribution is 2.24. The number of rotatable bonds is 5. The van der Waals surface area contributed by atoms with Gasteiger partial charge in [-0.3, -0.25) is 4.79 Å². The Bertz CT molecular complexity index is 635. The van der Waals surface area contributed by atoms with E-state index in [0.29, 0.717) is 30.4 Å². The van der Waals surface area contributed by atoms with Gasteiger partial charge in [-0.1, -0.05) is 25.3 Å². The molecule has 6 heteroatoms. The van der Waals surface area contributed by atoms with E-state index in [2.05, 4.69) is 10.6 Å². The van der Waals surface area contributed by atoms with Crippen LogP contribution in [0.5, 0.6) is 5.75 Å². The van der Waals surface area contributed by atoms with Crippen molar-refractivity contribution in [1.29, 1.82) is 0 Å². The van der Waals surface area contributed by atoms with Crippen molar-refractivity contribution in [3.63, 3.8) is 0 Å². The third-order valence-corrected chi connectivity index (χ3v) is 5.76. The van der Waals surface area contributed by atoms with E-state index in [1.807, 2.05) is 18.2 Å². The summed E-state index contributed by atoms with van der Waals surface area (Å²) in [6.45, 7) is 2.03. The third-order valence-electron chi connectivity index (χ3n) is 5.76. The van der Waals surface area contributed by atoms with Crippen LogP contribution in [0.15, 0.2) is 24.3 Å². The van der Waals surface area contributed by atoms with E-state index in [0.717, 1.165) is 19.4 Å². The molecule has 0 bridgehead atoms. The van der Waals surface area contributed by atoms with Gasteiger partial charge in [0.15, 0.2) is 0 Å². The summed E-state index contributed by atoms with van der Waals surface area (Å²) in [5.74, 6) is 1.54. The molecule has 1 aromatic carbocycles. The van der Waals surface area contributed by atoms with Crippen LogP contribution in [0.25, 0.3) is 0 Å². The molecule has 3 rings (SSSR count). The van der Waals surface area contributed by atoms with Crippen molar-refractivity contribution >= 4 is 17.6 Å². The standard InChI is InChI=1S/C21H31N3O3/c1-27-19-9-5-8-18(14-19)23-21(26)24-12-10-17(11-13-24)20(25)22-15-16-6-3-2-4-7-16/h5,8-9,14,16-17H,2-4,6-7,10-13,15H2,1H3,(H,22,25)(H,23,26). The zero-order chi connectivity index (χ0) is 19.1. The van der Waals surface area contributed by atoms with Gasteiger partial charge < -0.3 is 20.3 Å². The molecule has 27 heavy (non-hydrogen) atoms. The monoisotopic (exact) mass is 373 g/mol. The number of carbonyl (C=O) groups excluding carboxylic acids is 2. The molecule has 2 N–H and O–H groups in total. The summed E-state index contributed by atoms with van der Waals surface area (Å²) in [6.07, 6.45) is 7.85. The van der Waals surface area contributed by atoms with E-state index in [-0.39, 0.29) is 17.9 Å². The average molecular weight is 373 g/mol. The number of ether oxygens (including phenoxy) is 1. The predicted molar refractivity (Wildman–Crippen MR) is 106 cm³/mol. The number of urea groups is 1. The summed E-state index contributed by atoms with van der Waals surface area (Å²) in [5, 5.41) is 6.05. The molecule has 0 spiro atoms. The van der Waals surface area contributed by atoms with Crippen LogP contribution in [0.1, 0.15) is 44.9 Å². The number of likely N-dealkylation sites (tertiary alicyclic amines) is 1. The Kier molecular flexibility index (Phi) is 6.96. The maximum Gasteiger partial charge on any atom is 0.321 e. The number of methoxy groups -OCH3 is 1. The number of piperidine rings is 1. The normalized spacial score (nSPS) is 18.8. The van der Waals surface area contributed by atoms with Gasteiger partial charge in [0.2, 0.25) is 5.91 Å². The lowest BCUT2D eigenvalue weighted by atomic mass is 9.89. The zero-order valence-corrected chi connectivity index (χ0v) is 16.2. The molecule has 1 saturated heterocycles. The molecule has 1 heterocycles. The number of amides is 3. The Balaban J connectivity index is 1.40. The van der Waals surface area contributed by atoms with Crippen LogP contribution >= 0.6 is 0 Å². The first-order chi connectivity index (χ1) is 13.2.